The van der Waals surface area contributed by atoms with Gasteiger partial charge in [-0.05, 0) is 0 Å². The highest BCUT2D eigenvalue weighted by atomic mass is 19.3. The Hall–Kier alpha value is -1.37. The second-order valence-electron chi connectivity index (χ2n) is 3.47. The zero-order valence-electron chi connectivity index (χ0n) is 8.03. The summed E-state index contributed by atoms with van der Waals surface area (Å²) >= 11 is 0. The Morgan fingerprint density at radius 1 is 1.60 bits per heavy atom. The standard InChI is InChI=1S/C8H10F2O5/c1-7(2)14-3-4(15-7)5(11)8(9,10)6(12)13/h3,5,11H,1-2H3,(H,12,13). The molecule has 0 saturated carbocycles. The molecule has 0 aliphatic carbocycles. The van der Waals surface area contributed by atoms with E-state index >= 15 is 0 Å². The Labute approximate surface area is 83.9 Å². The van der Waals surface area contributed by atoms with E-state index < -0.39 is 29.5 Å². The van der Waals surface area contributed by atoms with Gasteiger partial charge in [0.05, 0.1) is 0 Å². The van der Waals surface area contributed by atoms with Crippen molar-refractivity contribution in [1.29, 1.82) is 0 Å². The highest BCUT2D eigenvalue weighted by Gasteiger charge is 2.52. The van der Waals surface area contributed by atoms with Gasteiger partial charge in [0.2, 0.25) is 5.79 Å². The smallest absolute Gasteiger partial charge is 0.377 e. The maximum absolute atomic E-state index is 12.8. The summed E-state index contributed by atoms with van der Waals surface area (Å²) in [4.78, 5) is 10.1. The van der Waals surface area contributed by atoms with Crippen molar-refractivity contribution in [3.05, 3.63) is 12.0 Å². The summed E-state index contributed by atoms with van der Waals surface area (Å²) in [5.74, 6) is -8.52. The SMILES string of the molecule is CC1(C)OC=C(C(O)C(F)(F)C(=O)O)O1. The Morgan fingerprint density at radius 2 is 2.13 bits per heavy atom. The zero-order chi connectivity index (χ0) is 11.9. The van der Waals surface area contributed by atoms with Crippen LogP contribution < -0.4 is 0 Å². The molecule has 1 aliphatic heterocycles. The molecule has 15 heavy (non-hydrogen) atoms. The number of aliphatic carboxylic acids is 1. The number of hydrogen-bond donors (Lipinski definition) is 2. The van der Waals surface area contributed by atoms with Crippen LogP contribution in [0.3, 0.4) is 0 Å². The first-order valence-corrected chi connectivity index (χ1v) is 4.03. The van der Waals surface area contributed by atoms with Crippen molar-refractivity contribution in [1.82, 2.24) is 0 Å². The Morgan fingerprint density at radius 3 is 2.47 bits per heavy atom. The molecule has 86 valence electrons. The van der Waals surface area contributed by atoms with Crippen LogP contribution in [-0.2, 0) is 14.3 Å². The molecule has 1 aliphatic rings. The van der Waals surface area contributed by atoms with Gasteiger partial charge in [0.25, 0.3) is 0 Å². The lowest BCUT2D eigenvalue weighted by Gasteiger charge is -2.22. The first-order valence-electron chi connectivity index (χ1n) is 4.03. The molecule has 0 amide bonds. The summed E-state index contributed by atoms with van der Waals surface area (Å²) in [5, 5.41) is 17.2. The summed E-state index contributed by atoms with van der Waals surface area (Å²) in [7, 11) is 0. The fourth-order valence-corrected chi connectivity index (χ4v) is 0.948. The third-order valence-electron chi connectivity index (χ3n) is 1.72. The molecule has 0 aromatic heterocycles. The summed E-state index contributed by atoms with van der Waals surface area (Å²) in [6.45, 7) is 2.87. The van der Waals surface area contributed by atoms with E-state index in [1.54, 1.807) is 0 Å². The summed E-state index contributed by atoms with van der Waals surface area (Å²) in [6, 6.07) is 0. The van der Waals surface area contributed by atoms with E-state index in [1.807, 2.05) is 0 Å². The monoisotopic (exact) mass is 224 g/mol. The van der Waals surface area contributed by atoms with Gasteiger partial charge in [-0.25, -0.2) is 4.79 Å². The van der Waals surface area contributed by atoms with Crippen molar-refractivity contribution in [3.63, 3.8) is 0 Å². The van der Waals surface area contributed by atoms with Crippen molar-refractivity contribution >= 4 is 5.97 Å². The lowest BCUT2D eigenvalue weighted by molar-refractivity contribution is -0.187. The molecule has 1 atom stereocenters. The lowest BCUT2D eigenvalue weighted by Crippen LogP contribution is -2.43. The molecule has 0 bridgehead atoms. The number of carbonyl (C=O) groups is 1. The molecule has 1 rings (SSSR count). The van der Waals surface area contributed by atoms with E-state index in [0.717, 1.165) is 6.26 Å². The average molecular weight is 224 g/mol. The molecule has 0 radical (unpaired) electrons. The maximum atomic E-state index is 12.8. The van der Waals surface area contributed by atoms with Gasteiger partial charge in [0, 0.05) is 13.8 Å². The maximum Gasteiger partial charge on any atom is 0.377 e. The number of aliphatic hydroxyl groups excluding tert-OH is 1. The molecule has 0 aromatic rings. The van der Waals surface area contributed by atoms with Gasteiger partial charge in [-0.15, -0.1) is 0 Å². The third-order valence-corrected chi connectivity index (χ3v) is 1.72. The van der Waals surface area contributed by atoms with Crippen LogP contribution in [-0.4, -0.2) is 34.0 Å². The lowest BCUT2D eigenvalue weighted by atomic mass is 10.1. The minimum Gasteiger partial charge on any atom is -0.477 e. The Kier molecular flexibility index (Phi) is 2.60. The van der Waals surface area contributed by atoms with Crippen LogP contribution in [0.2, 0.25) is 0 Å². The second kappa shape index (κ2) is 3.34. The fourth-order valence-electron chi connectivity index (χ4n) is 0.948. The van der Waals surface area contributed by atoms with Gasteiger partial charge in [-0.2, -0.15) is 8.78 Å². The molecular weight excluding hydrogens is 214 g/mol. The number of carboxylic acid groups (broad SMARTS) is 1. The predicted molar refractivity (Wildman–Crippen MR) is 42.9 cm³/mol. The first kappa shape index (κ1) is 11.7. The quantitative estimate of drug-likeness (QED) is 0.737. The number of alkyl halides is 2. The molecule has 7 heteroatoms. The average Bonchev–Trinajstić information content (AvgIpc) is 2.44. The molecule has 0 saturated heterocycles. The minimum absolute atomic E-state index is 0.604. The summed E-state index contributed by atoms with van der Waals surface area (Å²) in [6.07, 6.45) is -1.78. The van der Waals surface area contributed by atoms with Crippen molar-refractivity contribution in [2.45, 2.75) is 31.7 Å². The van der Waals surface area contributed by atoms with Gasteiger partial charge >= 0.3 is 11.9 Å². The minimum atomic E-state index is -4.31. The van der Waals surface area contributed by atoms with E-state index in [4.69, 9.17) is 19.7 Å². The van der Waals surface area contributed by atoms with Crippen LogP contribution in [0.25, 0.3) is 0 Å². The predicted octanol–water partition coefficient (Wildman–Crippen LogP) is 0.692. The highest BCUT2D eigenvalue weighted by molar-refractivity contribution is 5.76. The number of carboxylic acids is 1. The van der Waals surface area contributed by atoms with Crippen LogP contribution >= 0.6 is 0 Å². The van der Waals surface area contributed by atoms with Crippen LogP contribution in [0.4, 0.5) is 8.78 Å². The number of halogens is 2. The van der Waals surface area contributed by atoms with Gasteiger partial charge in [0.15, 0.2) is 11.9 Å². The normalized spacial score (nSPS) is 21.3. The van der Waals surface area contributed by atoms with E-state index in [0.29, 0.717) is 0 Å². The molecule has 0 fully saturated rings. The molecular formula is C8H10F2O5. The first-order chi connectivity index (χ1) is 6.67. The van der Waals surface area contributed by atoms with Gasteiger partial charge in [-0.1, -0.05) is 0 Å². The van der Waals surface area contributed by atoms with E-state index in [-0.39, 0.29) is 0 Å². The van der Waals surface area contributed by atoms with E-state index in [1.165, 1.54) is 13.8 Å². The second-order valence-corrected chi connectivity index (χ2v) is 3.47. The molecule has 5 nitrogen and oxygen atoms in total. The number of hydrogen-bond acceptors (Lipinski definition) is 4. The third kappa shape index (κ3) is 2.17. The number of aliphatic hydroxyl groups is 1. The molecule has 0 spiro atoms. The van der Waals surface area contributed by atoms with Gasteiger partial charge < -0.3 is 19.7 Å². The van der Waals surface area contributed by atoms with E-state index in [9.17, 15) is 13.6 Å². The fraction of sp³-hybridized carbons (Fsp3) is 0.625. The molecule has 1 unspecified atom stereocenters. The topological polar surface area (TPSA) is 76.0 Å². The highest BCUT2D eigenvalue weighted by Crippen LogP contribution is 2.32. The Bertz CT molecular complexity index is 310. The number of ether oxygens (including phenoxy) is 2. The van der Waals surface area contributed by atoms with Crippen LogP contribution in [0, 0.1) is 0 Å². The van der Waals surface area contributed by atoms with Crippen molar-refractivity contribution in [2.24, 2.45) is 0 Å². The molecule has 0 aromatic carbocycles. The zero-order valence-corrected chi connectivity index (χ0v) is 8.03. The Balaban J connectivity index is 2.79. The van der Waals surface area contributed by atoms with Crippen molar-refractivity contribution in [2.75, 3.05) is 0 Å². The van der Waals surface area contributed by atoms with Crippen LogP contribution in [0.5, 0.6) is 0 Å². The largest absolute Gasteiger partial charge is 0.477 e. The van der Waals surface area contributed by atoms with Crippen LogP contribution in [0.15, 0.2) is 12.0 Å². The van der Waals surface area contributed by atoms with E-state index in [2.05, 4.69) is 0 Å². The van der Waals surface area contributed by atoms with Crippen molar-refractivity contribution in [3.8, 4) is 0 Å². The molecule has 1 heterocycles. The van der Waals surface area contributed by atoms with Crippen molar-refractivity contribution < 1.29 is 33.3 Å². The molecule has 2 N–H and O–H groups in total. The van der Waals surface area contributed by atoms with Gasteiger partial charge in [0.1, 0.15) is 6.26 Å². The summed E-state index contributed by atoms with van der Waals surface area (Å²) < 4.78 is 35.2. The van der Waals surface area contributed by atoms with Crippen LogP contribution in [0.1, 0.15) is 13.8 Å². The van der Waals surface area contributed by atoms with Gasteiger partial charge in [-0.3, -0.25) is 0 Å². The summed E-state index contributed by atoms with van der Waals surface area (Å²) in [5.41, 5.74) is 0. The number of rotatable bonds is 3.